The number of halogens is 3. The van der Waals surface area contributed by atoms with Crippen LogP contribution >= 0.6 is 39.1 Å². The third kappa shape index (κ3) is 4.41. The molecular formula is C23H18BrCl2N3O3. The number of nitrogens with zero attached hydrogens (tertiary/aromatic N) is 2. The van der Waals surface area contributed by atoms with E-state index in [4.69, 9.17) is 32.7 Å². The molecule has 0 aliphatic heterocycles. The highest BCUT2D eigenvalue weighted by molar-refractivity contribution is 9.10. The van der Waals surface area contributed by atoms with Gasteiger partial charge in [-0.2, -0.15) is 0 Å². The first-order valence-corrected chi connectivity index (χ1v) is 11.1. The Morgan fingerprint density at radius 3 is 2.62 bits per heavy atom. The standard InChI is InChI=1S/C23H18BrCl2N3O3/c1-13-21(24)29-11-3-4-19(22(29)27-13)32-12-16-17(25)9-10-18(20(16)26)28-23(30)14-5-7-15(31-2)8-6-14/h3-11H,12H2,1-2H3,(H,28,30). The molecule has 4 aromatic rings. The second-order valence-corrected chi connectivity index (χ2v) is 8.45. The minimum absolute atomic E-state index is 0.104. The van der Waals surface area contributed by atoms with Crippen molar-refractivity contribution in [3.8, 4) is 11.5 Å². The number of ether oxygens (including phenoxy) is 2. The number of carbonyl (C=O) groups excluding carboxylic acids is 1. The number of anilines is 1. The van der Waals surface area contributed by atoms with E-state index in [0.717, 1.165) is 10.3 Å². The lowest BCUT2D eigenvalue weighted by Gasteiger charge is -2.14. The number of hydrogen-bond acceptors (Lipinski definition) is 4. The number of aryl methyl sites for hydroxylation is 1. The average molecular weight is 535 g/mol. The summed E-state index contributed by atoms with van der Waals surface area (Å²) in [5, 5.41) is 3.57. The smallest absolute Gasteiger partial charge is 0.255 e. The van der Waals surface area contributed by atoms with Gasteiger partial charge in [-0.15, -0.1) is 0 Å². The first-order valence-electron chi connectivity index (χ1n) is 9.57. The lowest BCUT2D eigenvalue weighted by molar-refractivity contribution is 0.102. The van der Waals surface area contributed by atoms with Gasteiger partial charge in [0.05, 0.1) is 23.5 Å². The third-order valence-electron chi connectivity index (χ3n) is 4.87. The van der Waals surface area contributed by atoms with Crippen LogP contribution in [0, 0.1) is 6.92 Å². The van der Waals surface area contributed by atoms with Crippen LogP contribution in [0.3, 0.4) is 0 Å². The molecule has 0 saturated heterocycles. The zero-order valence-electron chi connectivity index (χ0n) is 17.2. The van der Waals surface area contributed by atoms with Crippen molar-refractivity contribution in [2.75, 3.05) is 12.4 Å². The highest BCUT2D eigenvalue weighted by Crippen LogP contribution is 2.34. The number of benzene rings is 2. The van der Waals surface area contributed by atoms with Gasteiger partial charge in [0, 0.05) is 22.3 Å². The number of nitrogens with one attached hydrogen (secondary N) is 1. The van der Waals surface area contributed by atoms with E-state index in [1.165, 1.54) is 0 Å². The molecule has 0 aliphatic rings. The summed E-state index contributed by atoms with van der Waals surface area (Å²) in [7, 11) is 1.57. The number of imidazole rings is 1. The molecule has 32 heavy (non-hydrogen) atoms. The number of hydrogen-bond donors (Lipinski definition) is 1. The highest BCUT2D eigenvalue weighted by atomic mass is 79.9. The lowest BCUT2D eigenvalue weighted by Crippen LogP contribution is -2.13. The molecule has 0 fully saturated rings. The summed E-state index contributed by atoms with van der Waals surface area (Å²) in [6.07, 6.45) is 1.89. The van der Waals surface area contributed by atoms with Gasteiger partial charge in [0.15, 0.2) is 11.4 Å². The van der Waals surface area contributed by atoms with Crippen LogP contribution in [0.25, 0.3) is 5.65 Å². The monoisotopic (exact) mass is 533 g/mol. The second kappa shape index (κ2) is 9.40. The molecule has 4 rings (SSSR count). The van der Waals surface area contributed by atoms with Crippen molar-refractivity contribution in [3.05, 3.63) is 86.2 Å². The Kier molecular flexibility index (Phi) is 6.60. The fourth-order valence-electron chi connectivity index (χ4n) is 3.15. The molecule has 0 saturated carbocycles. The molecule has 2 aromatic carbocycles. The van der Waals surface area contributed by atoms with Crippen LogP contribution < -0.4 is 14.8 Å². The van der Waals surface area contributed by atoms with Gasteiger partial charge < -0.3 is 14.8 Å². The molecule has 0 radical (unpaired) electrons. The fourth-order valence-corrected chi connectivity index (χ4v) is 4.05. The van der Waals surface area contributed by atoms with Gasteiger partial charge in [0.2, 0.25) is 0 Å². The summed E-state index contributed by atoms with van der Waals surface area (Å²) < 4.78 is 13.9. The van der Waals surface area contributed by atoms with Gasteiger partial charge in [-0.05, 0) is 71.4 Å². The van der Waals surface area contributed by atoms with Crippen molar-refractivity contribution >= 4 is 56.4 Å². The predicted octanol–water partition coefficient (Wildman–Crippen LogP) is 6.55. The molecule has 1 N–H and O–H groups in total. The molecule has 0 unspecified atom stereocenters. The Labute approximate surface area is 203 Å². The Hall–Kier alpha value is -2.74. The van der Waals surface area contributed by atoms with Crippen molar-refractivity contribution in [2.45, 2.75) is 13.5 Å². The maximum atomic E-state index is 12.6. The molecule has 164 valence electrons. The zero-order chi connectivity index (χ0) is 22.8. The van der Waals surface area contributed by atoms with Crippen LogP contribution in [0.2, 0.25) is 10.0 Å². The van der Waals surface area contributed by atoms with Crippen LogP contribution in [-0.2, 0) is 6.61 Å². The van der Waals surface area contributed by atoms with Crippen molar-refractivity contribution in [1.29, 1.82) is 0 Å². The molecule has 9 heteroatoms. The molecule has 6 nitrogen and oxygen atoms in total. The van der Waals surface area contributed by atoms with Crippen molar-refractivity contribution in [1.82, 2.24) is 9.38 Å². The summed E-state index contributed by atoms with van der Waals surface area (Å²) >= 11 is 16.5. The predicted molar refractivity (Wildman–Crippen MR) is 129 cm³/mol. The minimum Gasteiger partial charge on any atom is -0.497 e. The number of methoxy groups -OCH3 is 1. The number of amides is 1. The number of fused-ring (bicyclic) bond motifs is 1. The van der Waals surface area contributed by atoms with E-state index in [9.17, 15) is 4.79 Å². The quantitative estimate of drug-likeness (QED) is 0.304. The highest BCUT2D eigenvalue weighted by Gasteiger charge is 2.16. The molecule has 0 aliphatic carbocycles. The second-order valence-electron chi connectivity index (χ2n) is 6.91. The summed E-state index contributed by atoms with van der Waals surface area (Å²) in [5.74, 6) is 0.951. The molecular weight excluding hydrogens is 517 g/mol. The first kappa shape index (κ1) is 22.5. The molecule has 2 aromatic heterocycles. The lowest BCUT2D eigenvalue weighted by atomic mass is 10.1. The third-order valence-corrected chi connectivity index (χ3v) is 6.62. The molecule has 0 spiro atoms. The van der Waals surface area contributed by atoms with Crippen LogP contribution in [-0.4, -0.2) is 22.4 Å². The Bertz CT molecular complexity index is 1310. The van der Waals surface area contributed by atoms with Crippen LogP contribution in [0.4, 0.5) is 5.69 Å². The number of rotatable bonds is 6. The van der Waals surface area contributed by atoms with Gasteiger partial charge in [-0.25, -0.2) is 4.98 Å². The Morgan fingerprint density at radius 2 is 1.91 bits per heavy atom. The Balaban J connectivity index is 1.56. The fraction of sp³-hybridized carbons (Fsp3) is 0.130. The van der Waals surface area contributed by atoms with E-state index >= 15 is 0 Å². The van der Waals surface area contributed by atoms with E-state index < -0.39 is 0 Å². The summed E-state index contributed by atoms with van der Waals surface area (Å²) in [6, 6.07) is 13.8. The van der Waals surface area contributed by atoms with Gasteiger partial charge in [-0.3, -0.25) is 9.20 Å². The van der Waals surface area contributed by atoms with E-state index in [1.807, 2.05) is 29.7 Å². The summed E-state index contributed by atoms with van der Waals surface area (Å²) in [6.45, 7) is 2.01. The number of carbonyl (C=O) groups is 1. The molecule has 0 bridgehead atoms. The summed E-state index contributed by atoms with van der Waals surface area (Å²) in [5.41, 5.74) is 2.99. The van der Waals surface area contributed by atoms with Crippen molar-refractivity contribution in [3.63, 3.8) is 0 Å². The maximum Gasteiger partial charge on any atom is 0.255 e. The van der Waals surface area contributed by atoms with Crippen LogP contribution in [0.15, 0.2) is 59.3 Å². The average Bonchev–Trinajstić information content (AvgIpc) is 3.10. The molecule has 1 amide bonds. The topological polar surface area (TPSA) is 64.9 Å². The molecule has 2 heterocycles. The number of pyridine rings is 1. The zero-order valence-corrected chi connectivity index (χ0v) is 20.3. The normalized spacial score (nSPS) is 10.9. The van der Waals surface area contributed by atoms with Gasteiger partial charge in [-0.1, -0.05) is 23.2 Å². The summed E-state index contributed by atoms with van der Waals surface area (Å²) in [4.78, 5) is 17.2. The SMILES string of the molecule is COc1ccc(C(=O)Nc2ccc(Cl)c(COc3cccn4c(Br)c(C)nc34)c2Cl)cc1. The number of aromatic nitrogens is 2. The van der Waals surface area contributed by atoms with Gasteiger partial charge >= 0.3 is 0 Å². The van der Waals surface area contributed by atoms with Crippen LogP contribution in [0.1, 0.15) is 21.6 Å². The van der Waals surface area contributed by atoms with Crippen molar-refractivity contribution in [2.24, 2.45) is 0 Å². The Morgan fingerprint density at radius 1 is 1.16 bits per heavy atom. The largest absolute Gasteiger partial charge is 0.497 e. The maximum absolute atomic E-state index is 12.6. The van der Waals surface area contributed by atoms with E-state index in [-0.39, 0.29) is 12.5 Å². The first-order chi connectivity index (χ1) is 15.4. The van der Waals surface area contributed by atoms with E-state index in [0.29, 0.717) is 44.0 Å². The van der Waals surface area contributed by atoms with Crippen molar-refractivity contribution < 1.29 is 14.3 Å². The van der Waals surface area contributed by atoms with E-state index in [2.05, 4.69) is 26.2 Å². The van der Waals surface area contributed by atoms with Gasteiger partial charge in [0.25, 0.3) is 5.91 Å². The van der Waals surface area contributed by atoms with Crippen LogP contribution in [0.5, 0.6) is 11.5 Å². The minimum atomic E-state index is -0.300. The molecule has 0 atom stereocenters. The van der Waals surface area contributed by atoms with Gasteiger partial charge in [0.1, 0.15) is 17.0 Å². The van der Waals surface area contributed by atoms with E-state index in [1.54, 1.807) is 43.5 Å².